The largest absolute Gasteiger partial charge is 0.481 e. The standard InChI is InChI=1S/C22H34O2Si/c1-7-8-9-13-17-21(20-15-11-10-12-16-20)23-18-14-19-24-25(5,6)22(2,3)4/h10-12,14-16,18,21H,7-9,19H2,1-6H3/b18-14+/t21-/m0/s1. The number of unbranched alkanes of at least 4 members (excludes halogenated alkanes) is 2. The average Bonchev–Trinajstić information content (AvgIpc) is 2.56. The summed E-state index contributed by atoms with van der Waals surface area (Å²) in [7, 11) is -1.71. The second-order valence-corrected chi connectivity index (χ2v) is 12.6. The van der Waals surface area contributed by atoms with Crippen LogP contribution in [0, 0.1) is 11.8 Å². The van der Waals surface area contributed by atoms with Crippen molar-refractivity contribution in [2.75, 3.05) is 6.61 Å². The lowest BCUT2D eigenvalue weighted by molar-refractivity contribution is 0.195. The van der Waals surface area contributed by atoms with Crippen molar-refractivity contribution >= 4 is 8.32 Å². The molecule has 0 aliphatic rings. The molecule has 0 aliphatic carbocycles. The molecule has 1 rings (SSSR count). The Bertz CT molecular complexity index is 574. The fourth-order valence-corrected chi connectivity index (χ4v) is 2.85. The van der Waals surface area contributed by atoms with Gasteiger partial charge in [0.05, 0.1) is 12.9 Å². The van der Waals surface area contributed by atoms with Crippen LogP contribution in [0.25, 0.3) is 0 Å². The average molecular weight is 359 g/mol. The third-order valence-electron chi connectivity index (χ3n) is 4.65. The summed E-state index contributed by atoms with van der Waals surface area (Å²) in [6, 6.07) is 10.2. The normalized spacial score (nSPS) is 13.4. The summed E-state index contributed by atoms with van der Waals surface area (Å²) in [6.07, 6.45) is 6.67. The Morgan fingerprint density at radius 3 is 2.44 bits per heavy atom. The van der Waals surface area contributed by atoms with E-state index in [-0.39, 0.29) is 11.1 Å². The van der Waals surface area contributed by atoms with Crippen molar-refractivity contribution in [3.8, 4) is 11.8 Å². The summed E-state index contributed by atoms with van der Waals surface area (Å²) in [4.78, 5) is 0. The minimum absolute atomic E-state index is 0.220. The van der Waals surface area contributed by atoms with Crippen LogP contribution in [-0.4, -0.2) is 14.9 Å². The summed E-state index contributed by atoms with van der Waals surface area (Å²) in [6.45, 7) is 14.0. The highest BCUT2D eigenvalue weighted by molar-refractivity contribution is 6.74. The predicted molar refractivity (Wildman–Crippen MR) is 110 cm³/mol. The Morgan fingerprint density at radius 1 is 1.16 bits per heavy atom. The van der Waals surface area contributed by atoms with E-state index < -0.39 is 8.32 Å². The van der Waals surface area contributed by atoms with Gasteiger partial charge >= 0.3 is 0 Å². The summed E-state index contributed by atoms with van der Waals surface area (Å²) < 4.78 is 12.0. The quantitative estimate of drug-likeness (QED) is 0.229. The molecule has 138 valence electrons. The summed E-state index contributed by atoms with van der Waals surface area (Å²) >= 11 is 0. The lowest BCUT2D eigenvalue weighted by Crippen LogP contribution is -2.40. The minimum atomic E-state index is -1.71. The molecule has 0 saturated heterocycles. The van der Waals surface area contributed by atoms with Crippen molar-refractivity contribution in [1.29, 1.82) is 0 Å². The molecule has 0 aliphatic heterocycles. The van der Waals surface area contributed by atoms with Crippen molar-refractivity contribution in [3.63, 3.8) is 0 Å². The molecule has 0 radical (unpaired) electrons. The molecule has 2 nitrogen and oxygen atoms in total. The van der Waals surface area contributed by atoms with E-state index in [9.17, 15) is 0 Å². The number of ether oxygens (including phenoxy) is 1. The van der Waals surface area contributed by atoms with Crippen molar-refractivity contribution in [2.45, 2.75) is 71.2 Å². The van der Waals surface area contributed by atoms with Gasteiger partial charge in [0.2, 0.25) is 0 Å². The van der Waals surface area contributed by atoms with Crippen LogP contribution in [0.15, 0.2) is 42.7 Å². The van der Waals surface area contributed by atoms with Crippen molar-refractivity contribution in [1.82, 2.24) is 0 Å². The maximum Gasteiger partial charge on any atom is 0.192 e. The van der Waals surface area contributed by atoms with E-state index in [2.05, 4.69) is 64.8 Å². The zero-order valence-electron chi connectivity index (χ0n) is 16.8. The van der Waals surface area contributed by atoms with Gasteiger partial charge in [0.25, 0.3) is 0 Å². The van der Waals surface area contributed by atoms with E-state index in [0.717, 1.165) is 24.8 Å². The van der Waals surface area contributed by atoms with Gasteiger partial charge in [0.15, 0.2) is 14.4 Å². The first-order valence-corrected chi connectivity index (χ1v) is 12.2. The minimum Gasteiger partial charge on any atom is -0.481 e. The first-order chi connectivity index (χ1) is 11.8. The van der Waals surface area contributed by atoms with E-state index in [1.54, 1.807) is 6.26 Å². The van der Waals surface area contributed by atoms with Crippen LogP contribution in [0.5, 0.6) is 0 Å². The fraction of sp³-hybridized carbons (Fsp3) is 0.545. The smallest absolute Gasteiger partial charge is 0.192 e. The lowest BCUT2D eigenvalue weighted by Gasteiger charge is -2.35. The first kappa shape index (κ1) is 21.5. The molecular formula is C22H34O2Si. The van der Waals surface area contributed by atoms with E-state index in [0.29, 0.717) is 6.61 Å². The Hall–Kier alpha value is -1.50. The topological polar surface area (TPSA) is 18.5 Å². The van der Waals surface area contributed by atoms with E-state index in [1.807, 2.05) is 24.3 Å². The van der Waals surface area contributed by atoms with Gasteiger partial charge in [-0.2, -0.15) is 0 Å². The Balaban J connectivity index is 2.62. The third-order valence-corrected chi connectivity index (χ3v) is 9.15. The van der Waals surface area contributed by atoms with Crippen LogP contribution in [-0.2, 0) is 9.16 Å². The Labute approximate surface area is 155 Å². The molecule has 0 heterocycles. The van der Waals surface area contributed by atoms with Gasteiger partial charge in [-0.1, -0.05) is 76.3 Å². The van der Waals surface area contributed by atoms with E-state index >= 15 is 0 Å². The summed E-state index contributed by atoms with van der Waals surface area (Å²) in [5.41, 5.74) is 1.08. The van der Waals surface area contributed by atoms with Crippen LogP contribution in [0.3, 0.4) is 0 Å². The van der Waals surface area contributed by atoms with Gasteiger partial charge in [-0.05, 0) is 30.6 Å². The van der Waals surface area contributed by atoms with Gasteiger partial charge in [-0.25, -0.2) is 0 Å². The molecule has 1 aromatic carbocycles. The number of hydrogen-bond acceptors (Lipinski definition) is 2. The zero-order chi connectivity index (χ0) is 18.8. The van der Waals surface area contributed by atoms with Gasteiger partial charge in [0.1, 0.15) is 0 Å². The molecule has 25 heavy (non-hydrogen) atoms. The third kappa shape index (κ3) is 7.94. The Morgan fingerprint density at radius 2 is 1.84 bits per heavy atom. The van der Waals surface area contributed by atoms with E-state index in [1.165, 1.54) is 0 Å². The highest BCUT2D eigenvalue weighted by Gasteiger charge is 2.36. The molecule has 0 unspecified atom stereocenters. The van der Waals surface area contributed by atoms with Crippen LogP contribution >= 0.6 is 0 Å². The molecule has 0 bridgehead atoms. The van der Waals surface area contributed by atoms with Crippen LogP contribution in [0.2, 0.25) is 18.1 Å². The molecule has 3 heteroatoms. The monoisotopic (exact) mass is 358 g/mol. The summed E-state index contributed by atoms with van der Waals surface area (Å²) in [5.74, 6) is 6.48. The molecule has 0 N–H and O–H groups in total. The molecular weight excluding hydrogens is 324 g/mol. The van der Waals surface area contributed by atoms with Gasteiger partial charge < -0.3 is 9.16 Å². The summed E-state index contributed by atoms with van der Waals surface area (Å²) in [5, 5.41) is 0.221. The molecule has 0 spiro atoms. The van der Waals surface area contributed by atoms with Crippen molar-refractivity contribution in [3.05, 3.63) is 48.2 Å². The maximum atomic E-state index is 6.13. The number of hydrogen-bond donors (Lipinski definition) is 0. The molecule has 0 fully saturated rings. The van der Waals surface area contributed by atoms with Crippen LogP contribution < -0.4 is 0 Å². The van der Waals surface area contributed by atoms with E-state index in [4.69, 9.17) is 9.16 Å². The van der Waals surface area contributed by atoms with Gasteiger partial charge in [-0.3, -0.25) is 0 Å². The fourth-order valence-electron chi connectivity index (χ4n) is 1.90. The van der Waals surface area contributed by atoms with Crippen molar-refractivity contribution < 1.29 is 9.16 Å². The maximum absolute atomic E-state index is 6.13. The lowest BCUT2D eigenvalue weighted by atomic mass is 10.1. The first-order valence-electron chi connectivity index (χ1n) is 9.25. The van der Waals surface area contributed by atoms with Crippen LogP contribution in [0.4, 0.5) is 0 Å². The number of rotatable bonds is 8. The van der Waals surface area contributed by atoms with Crippen molar-refractivity contribution in [2.24, 2.45) is 0 Å². The number of benzene rings is 1. The highest BCUT2D eigenvalue weighted by atomic mass is 28.4. The molecule has 0 saturated carbocycles. The zero-order valence-corrected chi connectivity index (χ0v) is 17.8. The molecule has 1 aromatic rings. The Kier molecular flexibility index (Phi) is 9.03. The molecule has 0 aromatic heterocycles. The molecule has 1 atom stereocenters. The molecule has 0 amide bonds. The van der Waals surface area contributed by atoms with Crippen LogP contribution in [0.1, 0.15) is 58.6 Å². The SMILES string of the molecule is CCCCC#C[C@H](O/C=C/CO[Si](C)(C)C(C)(C)C)c1ccccc1. The van der Waals surface area contributed by atoms with Gasteiger partial charge in [-0.15, -0.1) is 0 Å². The second-order valence-electron chi connectivity index (χ2n) is 7.79. The van der Waals surface area contributed by atoms with Gasteiger partial charge in [0, 0.05) is 12.0 Å². The highest BCUT2D eigenvalue weighted by Crippen LogP contribution is 2.36. The predicted octanol–water partition coefficient (Wildman–Crippen LogP) is 6.47. The second kappa shape index (κ2) is 10.5.